The van der Waals surface area contributed by atoms with Crippen molar-refractivity contribution in [2.45, 2.75) is 32.7 Å². The van der Waals surface area contributed by atoms with E-state index in [2.05, 4.69) is 15.3 Å². The van der Waals surface area contributed by atoms with E-state index < -0.39 is 0 Å². The first-order valence-corrected chi connectivity index (χ1v) is 10.6. The van der Waals surface area contributed by atoms with Crippen LogP contribution in [-0.2, 0) is 19.4 Å². The number of Topliss-reactive ketones (excluding diaryl/α,β-unsaturated/α-hetero) is 1. The number of carbonyl (C=O) groups excluding carboxylic acids is 1. The summed E-state index contributed by atoms with van der Waals surface area (Å²) in [7, 11) is 0. The Kier molecular flexibility index (Phi) is 6.09. The fourth-order valence-electron chi connectivity index (χ4n) is 3.18. The molecular weight excluding hydrogens is 399 g/mol. The minimum absolute atomic E-state index is 0.101. The van der Waals surface area contributed by atoms with Crippen molar-refractivity contribution in [3.63, 3.8) is 0 Å². The van der Waals surface area contributed by atoms with Crippen LogP contribution < -0.4 is 0 Å². The molecule has 4 aromatic rings. The highest BCUT2D eigenvalue weighted by atomic mass is 32.1. The van der Waals surface area contributed by atoms with Gasteiger partial charge in [0.15, 0.2) is 5.78 Å². The second-order valence-corrected chi connectivity index (χ2v) is 8.08. The van der Waals surface area contributed by atoms with Crippen LogP contribution in [0.25, 0.3) is 10.7 Å². The van der Waals surface area contributed by atoms with E-state index in [1.807, 2.05) is 43.5 Å². The molecule has 0 saturated heterocycles. The number of halogens is 1. The summed E-state index contributed by atoms with van der Waals surface area (Å²) in [6, 6.07) is 16.4. The van der Waals surface area contributed by atoms with Crippen molar-refractivity contribution < 1.29 is 9.18 Å². The second kappa shape index (κ2) is 9.09. The average molecular weight is 421 g/mol. The molecule has 0 radical (unpaired) electrons. The van der Waals surface area contributed by atoms with Gasteiger partial charge in [-0.25, -0.2) is 9.37 Å². The number of carbonyl (C=O) groups is 1. The van der Waals surface area contributed by atoms with Crippen LogP contribution in [0.4, 0.5) is 4.39 Å². The smallest absolute Gasteiger partial charge is 0.175 e. The zero-order valence-electron chi connectivity index (χ0n) is 16.6. The van der Waals surface area contributed by atoms with E-state index in [4.69, 9.17) is 0 Å². The average Bonchev–Trinajstić information content (AvgIpc) is 3.39. The number of aromatic nitrogens is 4. The molecule has 0 saturated carbocycles. The highest BCUT2D eigenvalue weighted by Crippen LogP contribution is 2.27. The van der Waals surface area contributed by atoms with Gasteiger partial charge in [-0.2, -0.15) is 0 Å². The van der Waals surface area contributed by atoms with E-state index in [0.29, 0.717) is 35.0 Å². The standard InChI is InChI=1S/C23H21FN4OS/c1-16-22(21(29)12-9-17-5-3-2-4-6-17)30-23(25-16)20-15-28(27-26-20)14-13-18-7-10-19(24)11-8-18/h2-8,10-11,15H,9,12-14H2,1H3. The van der Waals surface area contributed by atoms with E-state index in [1.54, 1.807) is 16.8 Å². The Morgan fingerprint density at radius 2 is 1.77 bits per heavy atom. The summed E-state index contributed by atoms with van der Waals surface area (Å²) in [4.78, 5) is 17.9. The largest absolute Gasteiger partial charge is 0.293 e. The molecule has 0 aliphatic heterocycles. The van der Waals surface area contributed by atoms with E-state index in [-0.39, 0.29) is 11.6 Å². The fraction of sp³-hybridized carbons (Fsp3) is 0.217. The summed E-state index contributed by atoms with van der Waals surface area (Å²) in [5.41, 5.74) is 3.57. The van der Waals surface area contributed by atoms with Crippen LogP contribution >= 0.6 is 11.3 Å². The van der Waals surface area contributed by atoms with Gasteiger partial charge in [0.1, 0.15) is 16.5 Å². The topological polar surface area (TPSA) is 60.7 Å². The number of rotatable bonds is 8. The minimum atomic E-state index is -0.241. The van der Waals surface area contributed by atoms with Crippen molar-refractivity contribution in [3.8, 4) is 10.7 Å². The minimum Gasteiger partial charge on any atom is -0.293 e. The summed E-state index contributed by atoms with van der Waals surface area (Å²) >= 11 is 1.37. The van der Waals surface area contributed by atoms with Crippen LogP contribution in [0.5, 0.6) is 0 Å². The van der Waals surface area contributed by atoms with E-state index in [1.165, 1.54) is 23.5 Å². The zero-order valence-corrected chi connectivity index (χ0v) is 17.4. The molecule has 2 aromatic carbocycles. The lowest BCUT2D eigenvalue weighted by molar-refractivity contribution is 0.0986. The number of thiazole rings is 1. The number of aryl methyl sites for hydroxylation is 4. The molecule has 30 heavy (non-hydrogen) atoms. The van der Waals surface area contributed by atoms with Crippen molar-refractivity contribution in [3.05, 3.63) is 88.3 Å². The first-order valence-electron chi connectivity index (χ1n) is 9.78. The first kappa shape index (κ1) is 20.1. The van der Waals surface area contributed by atoms with Crippen molar-refractivity contribution in [1.29, 1.82) is 0 Å². The molecule has 0 atom stereocenters. The van der Waals surface area contributed by atoms with Crippen LogP contribution in [0.2, 0.25) is 0 Å². The van der Waals surface area contributed by atoms with E-state index in [9.17, 15) is 9.18 Å². The number of hydrogen-bond donors (Lipinski definition) is 0. The monoisotopic (exact) mass is 420 g/mol. The Hall–Kier alpha value is -3.19. The second-order valence-electron chi connectivity index (χ2n) is 7.09. The molecule has 0 spiro atoms. The summed E-state index contributed by atoms with van der Waals surface area (Å²) < 4.78 is 14.8. The third kappa shape index (κ3) is 4.86. The summed E-state index contributed by atoms with van der Waals surface area (Å²) in [5.74, 6) is -0.140. The van der Waals surface area contributed by atoms with Gasteiger partial charge >= 0.3 is 0 Å². The molecular formula is C23H21FN4OS. The van der Waals surface area contributed by atoms with Gasteiger partial charge in [-0.1, -0.05) is 47.7 Å². The Morgan fingerprint density at radius 1 is 1.03 bits per heavy atom. The molecule has 7 heteroatoms. The molecule has 0 N–H and O–H groups in total. The number of hydrogen-bond acceptors (Lipinski definition) is 5. The fourth-order valence-corrected chi connectivity index (χ4v) is 4.16. The molecule has 0 bridgehead atoms. The molecule has 152 valence electrons. The van der Waals surface area contributed by atoms with Crippen LogP contribution in [0.15, 0.2) is 60.8 Å². The van der Waals surface area contributed by atoms with Gasteiger partial charge in [0.05, 0.1) is 16.8 Å². The van der Waals surface area contributed by atoms with E-state index in [0.717, 1.165) is 23.2 Å². The highest BCUT2D eigenvalue weighted by Gasteiger charge is 2.18. The lowest BCUT2D eigenvalue weighted by Crippen LogP contribution is -2.02. The molecule has 0 aliphatic carbocycles. The molecule has 2 aromatic heterocycles. The van der Waals surface area contributed by atoms with Crippen LogP contribution in [0.3, 0.4) is 0 Å². The van der Waals surface area contributed by atoms with Gasteiger partial charge in [0, 0.05) is 13.0 Å². The number of ketones is 1. The van der Waals surface area contributed by atoms with Crippen molar-refractivity contribution >= 4 is 17.1 Å². The van der Waals surface area contributed by atoms with Gasteiger partial charge in [-0.05, 0) is 43.0 Å². The van der Waals surface area contributed by atoms with Crippen molar-refractivity contribution in [1.82, 2.24) is 20.0 Å². The van der Waals surface area contributed by atoms with Gasteiger partial charge < -0.3 is 0 Å². The van der Waals surface area contributed by atoms with Gasteiger partial charge in [0.25, 0.3) is 0 Å². The zero-order chi connectivity index (χ0) is 20.9. The lowest BCUT2D eigenvalue weighted by atomic mass is 10.1. The quantitative estimate of drug-likeness (QED) is 0.380. The molecule has 0 fully saturated rings. The molecule has 4 rings (SSSR count). The maximum Gasteiger partial charge on any atom is 0.175 e. The Balaban J connectivity index is 1.40. The van der Waals surface area contributed by atoms with Gasteiger partial charge in [0.2, 0.25) is 0 Å². The predicted octanol–water partition coefficient (Wildman–Crippen LogP) is 4.91. The van der Waals surface area contributed by atoms with Gasteiger partial charge in [-0.3, -0.25) is 9.48 Å². The Labute approximate surface area is 178 Å². The van der Waals surface area contributed by atoms with Crippen molar-refractivity contribution in [2.24, 2.45) is 0 Å². The van der Waals surface area contributed by atoms with Gasteiger partial charge in [-0.15, -0.1) is 16.4 Å². The summed E-state index contributed by atoms with van der Waals surface area (Å²) in [6.07, 6.45) is 3.73. The number of nitrogens with zero attached hydrogens (tertiary/aromatic N) is 4. The normalized spacial score (nSPS) is 11.0. The molecule has 2 heterocycles. The van der Waals surface area contributed by atoms with Crippen LogP contribution in [0.1, 0.15) is 32.9 Å². The third-order valence-corrected chi connectivity index (χ3v) is 6.05. The molecule has 5 nitrogen and oxygen atoms in total. The first-order chi connectivity index (χ1) is 14.6. The maximum absolute atomic E-state index is 13.0. The number of benzene rings is 2. The summed E-state index contributed by atoms with van der Waals surface area (Å²) in [5, 5.41) is 9.07. The predicted molar refractivity (Wildman–Crippen MR) is 115 cm³/mol. The van der Waals surface area contributed by atoms with Crippen LogP contribution in [0, 0.1) is 12.7 Å². The SMILES string of the molecule is Cc1nc(-c2cn(CCc3ccc(F)cc3)nn2)sc1C(=O)CCc1ccccc1. The molecule has 0 aliphatic rings. The van der Waals surface area contributed by atoms with Crippen molar-refractivity contribution in [2.75, 3.05) is 0 Å². The molecule has 0 amide bonds. The molecule has 0 unspecified atom stereocenters. The summed E-state index contributed by atoms with van der Waals surface area (Å²) in [6.45, 7) is 2.49. The maximum atomic E-state index is 13.0. The third-order valence-electron chi connectivity index (χ3n) is 4.83. The Bertz CT molecular complexity index is 1140. The highest BCUT2D eigenvalue weighted by molar-refractivity contribution is 7.17. The van der Waals surface area contributed by atoms with Crippen LogP contribution in [-0.4, -0.2) is 25.8 Å². The Morgan fingerprint density at radius 3 is 2.53 bits per heavy atom. The lowest BCUT2D eigenvalue weighted by Gasteiger charge is -2.00. The van der Waals surface area contributed by atoms with E-state index >= 15 is 0 Å².